The molecule has 0 aliphatic carbocycles. The minimum absolute atomic E-state index is 0.210. The molecule has 7 heteroatoms. The van der Waals surface area contributed by atoms with Gasteiger partial charge in [-0.05, 0) is 67.4 Å². The lowest BCUT2D eigenvalue weighted by molar-refractivity contribution is 0.0918. The largest absolute Gasteiger partial charge is 0.485 e. The van der Waals surface area contributed by atoms with Crippen molar-refractivity contribution >= 4 is 17.5 Å². The summed E-state index contributed by atoms with van der Waals surface area (Å²) in [6.45, 7) is 4.54. The number of nitrogens with zero attached hydrogens (tertiary/aromatic N) is 1. The number of furan rings is 1. The van der Waals surface area contributed by atoms with Crippen molar-refractivity contribution in [2.45, 2.75) is 27.0 Å². The van der Waals surface area contributed by atoms with Gasteiger partial charge in [-0.15, -0.1) is 0 Å². The number of aryl methyl sites for hydroxylation is 2. The SMILES string of the molecule is Cc1ccc(OCc2ccc(C(=O)NCc3cccc(NC(=O)c4ccncc4)c3)o2)c(C)c1. The van der Waals surface area contributed by atoms with E-state index < -0.39 is 0 Å². The van der Waals surface area contributed by atoms with Gasteiger partial charge in [-0.2, -0.15) is 0 Å². The van der Waals surface area contributed by atoms with E-state index in [4.69, 9.17) is 9.15 Å². The number of aromatic nitrogens is 1. The maximum absolute atomic E-state index is 12.5. The zero-order chi connectivity index (χ0) is 23.9. The van der Waals surface area contributed by atoms with E-state index in [-0.39, 0.29) is 30.7 Å². The maximum atomic E-state index is 12.5. The lowest BCUT2D eigenvalue weighted by Gasteiger charge is -2.09. The molecule has 0 saturated heterocycles. The highest BCUT2D eigenvalue weighted by molar-refractivity contribution is 6.04. The summed E-state index contributed by atoms with van der Waals surface area (Å²) in [5, 5.41) is 5.68. The number of hydrogen-bond acceptors (Lipinski definition) is 5. The topological polar surface area (TPSA) is 93.5 Å². The number of hydrogen-bond donors (Lipinski definition) is 2. The number of anilines is 1. The van der Waals surface area contributed by atoms with E-state index in [0.717, 1.165) is 16.9 Å². The van der Waals surface area contributed by atoms with E-state index >= 15 is 0 Å². The van der Waals surface area contributed by atoms with Crippen molar-refractivity contribution in [3.8, 4) is 5.75 Å². The van der Waals surface area contributed by atoms with Crippen LogP contribution in [0.25, 0.3) is 0 Å². The van der Waals surface area contributed by atoms with Crippen LogP contribution in [0.4, 0.5) is 5.69 Å². The molecule has 0 saturated carbocycles. The standard InChI is InChI=1S/C27H25N3O4/c1-18-6-8-24(19(2)14-18)33-17-23-7-9-25(34-23)27(32)29-16-20-4-3-5-22(15-20)30-26(31)21-10-12-28-13-11-21/h3-15H,16-17H2,1-2H3,(H,29,32)(H,30,31). The molecule has 2 aromatic heterocycles. The van der Waals surface area contributed by atoms with Gasteiger partial charge in [-0.25, -0.2) is 0 Å². The van der Waals surface area contributed by atoms with Crippen LogP contribution >= 0.6 is 0 Å². The van der Waals surface area contributed by atoms with Crippen LogP contribution in [-0.4, -0.2) is 16.8 Å². The van der Waals surface area contributed by atoms with Crippen molar-refractivity contribution in [1.29, 1.82) is 0 Å². The normalized spacial score (nSPS) is 10.5. The van der Waals surface area contributed by atoms with E-state index in [9.17, 15) is 9.59 Å². The molecule has 34 heavy (non-hydrogen) atoms. The van der Waals surface area contributed by atoms with Gasteiger partial charge in [0, 0.05) is 30.2 Å². The van der Waals surface area contributed by atoms with Gasteiger partial charge in [0.05, 0.1) is 0 Å². The van der Waals surface area contributed by atoms with Crippen molar-refractivity contribution in [3.63, 3.8) is 0 Å². The highest BCUT2D eigenvalue weighted by atomic mass is 16.5. The van der Waals surface area contributed by atoms with Gasteiger partial charge in [-0.3, -0.25) is 14.6 Å². The van der Waals surface area contributed by atoms with Gasteiger partial charge in [0.2, 0.25) is 0 Å². The molecule has 2 amide bonds. The lowest BCUT2D eigenvalue weighted by Crippen LogP contribution is -2.22. The van der Waals surface area contributed by atoms with E-state index in [2.05, 4.69) is 21.7 Å². The van der Waals surface area contributed by atoms with Crippen LogP contribution in [0.3, 0.4) is 0 Å². The second-order valence-corrected chi connectivity index (χ2v) is 7.90. The molecular weight excluding hydrogens is 430 g/mol. The molecule has 4 aromatic rings. The first-order valence-corrected chi connectivity index (χ1v) is 10.9. The predicted octanol–water partition coefficient (Wildman–Crippen LogP) is 5.05. The predicted molar refractivity (Wildman–Crippen MR) is 129 cm³/mol. The lowest BCUT2D eigenvalue weighted by atomic mass is 10.1. The molecule has 0 aliphatic rings. The molecule has 172 valence electrons. The van der Waals surface area contributed by atoms with Gasteiger partial charge >= 0.3 is 0 Å². The molecular formula is C27H25N3O4. The third-order valence-corrected chi connectivity index (χ3v) is 5.17. The number of carbonyl (C=O) groups is 2. The molecule has 0 bridgehead atoms. The molecule has 4 rings (SSSR count). The third kappa shape index (κ3) is 5.89. The van der Waals surface area contributed by atoms with Crippen LogP contribution in [0.15, 0.2) is 83.5 Å². The van der Waals surface area contributed by atoms with Gasteiger partial charge < -0.3 is 19.8 Å². The van der Waals surface area contributed by atoms with E-state index in [1.54, 1.807) is 42.7 Å². The fourth-order valence-corrected chi connectivity index (χ4v) is 3.42. The molecule has 0 fully saturated rings. The number of ether oxygens (including phenoxy) is 1. The minimum Gasteiger partial charge on any atom is -0.485 e. The number of carbonyl (C=O) groups excluding carboxylic acids is 2. The average molecular weight is 456 g/mol. The van der Waals surface area contributed by atoms with E-state index in [1.165, 1.54) is 5.56 Å². The molecule has 2 heterocycles. The van der Waals surface area contributed by atoms with Crippen molar-refractivity contribution < 1.29 is 18.7 Å². The molecule has 7 nitrogen and oxygen atoms in total. The van der Waals surface area contributed by atoms with Crippen LogP contribution < -0.4 is 15.4 Å². The Morgan fingerprint density at radius 1 is 0.941 bits per heavy atom. The number of nitrogens with one attached hydrogen (secondary N) is 2. The van der Waals surface area contributed by atoms with Crippen molar-refractivity contribution in [1.82, 2.24) is 10.3 Å². The fourth-order valence-electron chi connectivity index (χ4n) is 3.42. The first kappa shape index (κ1) is 22.8. The zero-order valence-corrected chi connectivity index (χ0v) is 19.0. The van der Waals surface area contributed by atoms with Gasteiger partial charge in [0.1, 0.15) is 18.1 Å². The summed E-state index contributed by atoms with van der Waals surface area (Å²) >= 11 is 0. The number of amides is 2. The fraction of sp³-hybridized carbons (Fsp3) is 0.148. The van der Waals surface area contributed by atoms with Crippen LogP contribution in [0, 0.1) is 13.8 Å². The van der Waals surface area contributed by atoms with Crippen molar-refractivity contribution in [2.75, 3.05) is 5.32 Å². The Hall–Kier alpha value is -4.39. The van der Waals surface area contributed by atoms with Gasteiger partial charge in [0.25, 0.3) is 11.8 Å². The Morgan fingerprint density at radius 2 is 1.76 bits per heavy atom. The monoisotopic (exact) mass is 455 g/mol. The Morgan fingerprint density at radius 3 is 2.56 bits per heavy atom. The highest BCUT2D eigenvalue weighted by Gasteiger charge is 2.12. The Balaban J connectivity index is 1.30. The number of benzene rings is 2. The molecule has 0 radical (unpaired) electrons. The van der Waals surface area contributed by atoms with E-state index in [0.29, 0.717) is 17.0 Å². The summed E-state index contributed by atoms with van der Waals surface area (Å²) in [6, 6.07) is 19.9. The summed E-state index contributed by atoms with van der Waals surface area (Å²) in [7, 11) is 0. The Bertz CT molecular complexity index is 1300. The van der Waals surface area contributed by atoms with Crippen LogP contribution in [0.1, 0.15) is 43.4 Å². The zero-order valence-electron chi connectivity index (χ0n) is 19.0. The molecule has 0 spiro atoms. The molecule has 2 aromatic carbocycles. The summed E-state index contributed by atoms with van der Waals surface area (Å²) in [6.07, 6.45) is 3.13. The molecule has 0 aliphatic heterocycles. The minimum atomic E-state index is -0.330. The second-order valence-electron chi connectivity index (χ2n) is 7.90. The molecule has 0 atom stereocenters. The van der Waals surface area contributed by atoms with Gasteiger partial charge in [0.15, 0.2) is 5.76 Å². The Kier molecular flexibility index (Phi) is 7.03. The smallest absolute Gasteiger partial charge is 0.287 e. The van der Waals surface area contributed by atoms with Crippen LogP contribution in [0.5, 0.6) is 5.75 Å². The highest BCUT2D eigenvalue weighted by Crippen LogP contribution is 2.21. The Labute approximate surface area is 197 Å². The first-order chi connectivity index (χ1) is 16.5. The summed E-state index contributed by atoms with van der Waals surface area (Å²) < 4.78 is 11.5. The second kappa shape index (κ2) is 10.5. The summed E-state index contributed by atoms with van der Waals surface area (Å²) in [5.74, 6) is 0.995. The quantitative estimate of drug-likeness (QED) is 0.388. The first-order valence-electron chi connectivity index (χ1n) is 10.9. The van der Waals surface area contributed by atoms with Crippen LogP contribution in [0.2, 0.25) is 0 Å². The molecule has 2 N–H and O–H groups in total. The van der Waals surface area contributed by atoms with Crippen LogP contribution in [-0.2, 0) is 13.2 Å². The number of rotatable bonds is 8. The average Bonchev–Trinajstić information content (AvgIpc) is 3.32. The molecule has 0 unspecified atom stereocenters. The third-order valence-electron chi connectivity index (χ3n) is 5.17. The van der Waals surface area contributed by atoms with Gasteiger partial charge in [-0.1, -0.05) is 29.8 Å². The van der Waals surface area contributed by atoms with Crippen molar-refractivity contribution in [2.24, 2.45) is 0 Å². The summed E-state index contributed by atoms with van der Waals surface area (Å²) in [5.41, 5.74) is 4.21. The van der Waals surface area contributed by atoms with E-state index in [1.807, 2.05) is 44.2 Å². The maximum Gasteiger partial charge on any atom is 0.287 e. The number of pyridine rings is 1. The van der Waals surface area contributed by atoms with Crippen molar-refractivity contribution in [3.05, 3.63) is 113 Å². The summed E-state index contributed by atoms with van der Waals surface area (Å²) in [4.78, 5) is 28.8.